The minimum Gasteiger partial charge on any atom is -0.477 e. The molecule has 0 bridgehead atoms. The highest BCUT2D eigenvalue weighted by atomic mass is 32.2. The summed E-state index contributed by atoms with van der Waals surface area (Å²) in [6.45, 7) is 4.79. The van der Waals surface area contributed by atoms with Gasteiger partial charge in [0.05, 0.1) is 36.4 Å². The van der Waals surface area contributed by atoms with Crippen molar-refractivity contribution in [3.8, 4) is 0 Å². The number of ether oxygens (including phenoxy) is 1. The molecular formula is C19H23N3O5S2. The summed E-state index contributed by atoms with van der Waals surface area (Å²) in [4.78, 5) is 31.0. The maximum atomic E-state index is 12.4. The Bertz CT molecular complexity index is 909. The lowest BCUT2D eigenvalue weighted by atomic mass is 9.79. The van der Waals surface area contributed by atoms with E-state index in [1.807, 2.05) is 12.3 Å². The van der Waals surface area contributed by atoms with E-state index in [1.54, 1.807) is 14.0 Å². The summed E-state index contributed by atoms with van der Waals surface area (Å²) in [5, 5.41) is 25.0. The van der Waals surface area contributed by atoms with E-state index in [9.17, 15) is 19.8 Å². The second-order valence-corrected chi connectivity index (χ2v) is 9.60. The van der Waals surface area contributed by atoms with Crippen LogP contribution in [0.1, 0.15) is 19.5 Å². The van der Waals surface area contributed by atoms with Crippen molar-refractivity contribution in [3.63, 3.8) is 0 Å². The lowest BCUT2D eigenvalue weighted by Crippen LogP contribution is -2.63. The first-order valence-electron chi connectivity index (χ1n) is 9.39. The van der Waals surface area contributed by atoms with Crippen molar-refractivity contribution in [1.29, 1.82) is 0 Å². The first kappa shape index (κ1) is 20.5. The number of amides is 1. The molecule has 0 aromatic carbocycles. The molecule has 0 spiro atoms. The van der Waals surface area contributed by atoms with Crippen LogP contribution in [-0.4, -0.2) is 70.4 Å². The molecule has 1 amide bonds. The second-order valence-electron chi connectivity index (χ2n) is 7.45. The van der Waals surface area contributed by atoms with Crippen LogP contribution in [-0.2, 0) is 14.3 Å². The molecule has 3 N–H and O–H groups in total. The number of aliphatic hydroxyl groups excluding tert-OH is 1. The number of hydrogen-bond donors (Lipinski definition) is 3. The number of nitrogens with one attached hydrogen (secondary N) is 1. The molecule has 1 aromatic heterocycles. The standard InChI is InChI=1S/C19H23N3O5S2/c1-8-14-13(9(2)23)17(24)22(14)15(18(25)26)16(8)29-19-21-12(7-28-19)10-4-5-20-11(10)6-27-3/h4,7-9,11,13-14,20,23H,5-6H2,1-3H3,(H,25,26). The van der Waals surface area contributed by atoms with Crippen LogP contribution >= 0.6 is 23.1 Å². The van der Waals surface area contributed by atoms with Gasteiger partial charge in [-0.2, -0.15) is 0 Å². The molecular weight excluding hydrogens is 414 g/mol. The number of β-lactam (4-membered cyclic amide) rings is 1. The van der Waals surface area contributed by atoms with Gasteiger partial charge in [0.1, 0.15) is 5.70 Å². The van der Waals surface area contributed by atoms with Crippen LogP contribution in [0.2, 0.25) is 0 Å². The Morgan fingerprint density at radius 1 is 1.55 bits per heavy atom. The van der Waals surface area contributed by atoms with Gasteiger partial charge in [0.15, 0.2) is 4.34 Å². The van der Waals surface area contributed by atoms with E-state index in [0.29, 0.717) is 11.5 Å². The summed E-state index contributed by atoms with van der Waals surface area (Å²) < 4.78 is 5.98. The van der Waals surface area contributed by atoms with Gasteiger partial charge in [-0.25, -0.2) is 9.78 Å². The number of thioether (sulfide) groups is 1. The third-order valence-corrected chi connectivity index (χ3v) is 7.91. The van der Waals surface area contributed by atoms with Crippen LogP contribution in [0.25, 0.3) is 5.57 Å². The molecule has 3 aliphatic heterocycles. The van der Waals surface area contributed by atoms with Crippen molar-refractivity contribution < 1.29 is 24.5 Å². The molecule has 0 radical (unpaired) electrons. The molecule has 3 aliphatic rings. The zero-order valence-electron chi connectivity index (χ0n) is 16.3. The van der Waals surface area contributed by atoms with Crippen LogP contribution in [0.4, 0.5) is 0 Å². The van der Waals surface area contributed by atoms with E-state index in [-0.39, 0.29) is 29.6 Å². The van der Waals surface area contributed by atoms with Gasteiger partial charge < -0.3 is 25.2 Å². The van der Waals surface area contributed by atoms with Gasteiger partial charge in [0, 0.05) is 29.9 Å². The third-order valence-electron chi connectivity index (χ3n) is 5.68. The van der Waals surface area contributed by atoms with Crippen molar-refractivity contribution in [3.05, 3.63) is 27.8 Å². The van der Waals surface area contributed by atoms with Crippen LogP contribution in [0.3, 0.4) is 0 Å². The number of nitrogens with zero attached hydrogens (tertiary/aromatic N) is 2. The average Bonchev–Trinajstić information content (AvgIpc) is 3.34. The minimum absolute atomic E-state index is 0.0187. The molecule has 8 nitrogen and oxygen atoms in total. The van der Waals surface area contributed by atoms with E-state index < -0.39 is 18.0 Å². The van der Waals surface area contributed by atoms with E-state index in [2.05, 4.69) is 11.4 Å². The Morgan fingerprint density at radius 3 is 2.97 bits per heavy atom. The van der Waals surface area contributed by atoms with Crippen LogP contribution in [0, 0.1) is 11.8 Å². The number of aliphatic hydroxyl groups is 1. The van der Waals surface area contributed by atoms with Gasteiger partial charge in [0.2, 0.25) is 5.91 Å². The monoisotopic (exact) mass is 437 g/mol. The largest absolute Gasteiger partial charge is 0.477 e. The van der Waals surface area contributed by atoms with Gasteiger partial charge in [0.25, 0.3) is 0 Å². The number of carboxylic acids is 1. The number of fused-ring (bicyclic) bond motifs is 1. The highest BCUT2D eigenvalue weighted by Crippen LogP contribution is 2.52. The lowest BCUT2D eigenvalue weighted by Gasteiger charge is -2.46. The predicted octanol–water partition coefficient (Wildman–Crippen LogP) is 1.39. The normalized spacial score (nSPS) is 29.7. The number of aliphatic carboxylic acids is 1. The van der Waals surface area contributed by atoms with Gasteiger partial charge in [-0.3, -0.25) is 4.79 Å². The molecule has 4 rings (SSSR count). The Labute approximate surface area is 176 Å². The SMILES string of the molecule is COCC1NCC=C1c1csc(SC2=C(C(=O)O)N3C(=O)C(C(C)O)C3C2C)n1. The van der Waals surface area contributed by atoms with Gasteiger partial charge in [-0.15, -0.1) is 11.3 Å². The second kappa shape index (κ2) is 7.84. The fraction of sp³-hybridized carbons (Fsp3) is 0.526. The minimum atomic E-state index is -1.13. The molecule has 5 atom stereocenters. The molecule has 0 aliphatic carbocycles. The number of thiazole rings is 1. The number of carbonyl (C=O) groups is 2. The molecule has 1 fully saturated rings. The van der Waals surface area contributed by atoms with E-state index in [4.69, 9.17) is 9.72 Å². The average molecular weight is 438 g/mol. The first-order valence-corrected chi connectivity index (χ1v) is 11.1. The maximum Gasteiger partial charge on any atom is 0.353 e. The zero-order chi connectivity index (χ0) is 20.9. The molecule has 10 heteroatoms. The van der Waals surface area contributed by atoms with Crippen molar-refractivity contribution in [1.82, 2.24) is 15.2 Å². The number of aromatic nitrogens is 1. The van der Waals surface area contributed by atoms with Gasteiger partial charge in [-0.05, 0) is 12.5 Å². The Kier molecular flexibility index (Phi) is 5.56. The Balaban J connectivity index is 1.59. The number of methoxy groups -OCH3 is 1. The summed E-state index contributed by atoms with van der Waals surface area (Å²) in [6.07, 6.45) is 1.28. The summed E-state index contributed by atoms with van der Waals surface area (Å²) in [6, 6.07) is -0.228. The molecule has 0 saturated carbocycles. The van der Waals surface area contributed by atoms with Crippen LogP contribution < -0.4 is 5.32 Å². The van der Waals surface area contributed by atoms with Crippen molar-refractivity contribution in [2.75, 3.05) is 20.3 Å². The highest BCUT2D eigenvalue weighted by Gasteiger charge is 2.60. The number of carboxylic acid groups (broad SMARTS) is 1. The maximum absolute atomic E-state index is 12.4. The summed E-state index contributed by atoms with van der Waals surface area (Å²) in [5.41, 5.74) is 1.95. The first-order chi connectivity index (χ1) is 13.8. The number of rotatable bonds is 7. The number of carbonyl (C=O) groups excluding carboxylic acids is 1. The van der Waals surface area contributed by atoms with Crippen molar-refractivity contribution in [2.24, 2.45) is 11.8 Å². The quantitative estimate of drug-likeness (QED) is 0.549. The van der Waals surface area contributed by atoms with Crippen molar-refractivity contribution in [2.45, 2.75) is 36.4 Å². The zero-order valence-corrected chi connectivity index (χ0v) is 17.9. The van der Waals surface area contributed by atoms with Crippen LogP contribution in [0.5, 0.6) is 0 Å². The molecule has 156 valence electrons. The fourth-order valence-corrected chi connectivity index (χ4v) is 6.45. The molecule has 5 unspecified atom stereocenters. The van der Waals surface area contributed by atoms with E-state index in [1.165, 1.54) is 28.0 Å². The van der Waals surface area contributed by atoms with Gasteiger partial charge in [-0.1, -0.05) is 24.8 Å². The highest BCUT2D eigenvalue weighted by molar-refractivity contribution is 8.04. The molecule has 4 heterocycles. The smallest absolute Gasteiger partial charge is 0.353 e. The van der Waals surface area contributed by atoms with Crippen LogP contribution in [0.15, 0.2) is 26.4 Å². The Morgan fingerprint density at radius 2 is 2.31 bits per heavy atom. The summed E-state index contributed by atoms with van der Waals surface area (Å²) in [5.74, 6) is -2.19. The lowest BCUT2D eigenvalue weighted by molar-refractivity contribution is -0.163. The molecule has 29 heavy (non-hydrogen) atoms. The Hall–Kier alpha value is -1.72. The number of hydrogen-bond acceptors (Lipinski definition) is 8. The fourth-order valence-electron chi connectivity index (χ4n) is 4.35. The third kappa shape index (κ3) is 3.32. The van der Waals surface area contributed by atoms with E-state index in [0.717, 1.165) is 22.2 Å². The summed E-state index contributed by atoms with van der Waals surface area (Å²) >= 11 is 2.76. The van der Waals surface area contributed by atoms with Crippen molar-refractivity contribution >= 4 is 40.5 Å². The van der Waals surface area contributed by atoms with Gasteiger partial charge >= 0.3 is 5.97 Å². The molecule has 1 aromatic rings. The van der Waals surface area contributed by atoms with E-state index >= 15 is 0 Å². The predicted molar refractivity (Wildman–Crippen MR) is 109 cm³/mol. The summed E-state index contributed by atoms with van der Waals surface area (Å²) in [7, 11) is 1.66. The molecule has 1 saturated heterocycles. The topological polar surface area (TPSA) is 112 Å².